The molecule has 0 bridgehead atoms. The Morgan fingerprint density at radius 2 is 2.24 bits per heavy atom. The topological polar surface area (TPSA) is 77.2 Å². The Bertz CT molecular complexity index is 647. The standard InChI is InChI=1S/C15H16BrN3O2/c1-10-12(3-2-4-13(10)16)15(20)19-14-9-11(5-7-18-14)21-8-6-17/h2-5,7,9H,6,8,17H2,1H3,(H,18,19,20). The van der Waals surface area contributed by atoms with Gasteiger partial charge < -0.3 is 15.8 Å². The predicted molar refractivity (Wildman–Crippen MR) is 85.6 cm³/mol. The van der Waals surface area contributed by atoms with E-state index in [1.165, 1.54) is 0 Å². The summed E-state index contributed by atoms with van der Waals surface area (Å²) in [5, 5.41) is 2.76. The van der Waals surface area contributed by atoms with Crippen LogP contribution in [0.4, 0.5) is 5.82 Å². The quantitative estimate of drug-likeness (QED) is 0.869. The van der Waals surface area contributed by atoms with Crippen molar-refractivity contribution in [2.24, 2.45) is 5.73 Å². The Morgan fingerprint density at radius 1 is 1.43 bits per heavy atom. The van der Waals surface area contributed by atoms with Crippen molar-refractivity contribution in [3.8, 4) is 5.75 Å². The van der Waals surface area contributed by atoms with Gasteiger partial charge in [0, 0.05) is 28.8 Å². The van der Waals surface area contributed by atoms with Gasteiger partial charge in [-0.05, 0) is 30.7 Å². The second-order valence-corrected chi connectivity index (χ2v) is 5.23. The number of hydrogen-bond acceptors (Lipinski definition) is 4. The lowest BCUT2D eigenvalue weighted by molar-refractivity contribution is 0.102. The molecule has 0 radical (unpaired) electrons. The minimum absolute atomic E-state index is 0.211. The van der Waals surface area contributed by atoms with Gasteiger partial charge in [0.1, 0.15) is 18.2 Å². The van der Waals surface area contributed by atoms with Crippen LogP contribution in [0.5, 0.6) is 5.75 Å². The van der Waals surface area contributed by atoms with Crippen molar-refractivity contribution in [3.63, 3.8) is 0 Å². The van der Waals surface area contributed by atoms with E-state index >= 15 is 0 Å². The molecule has 6 heteroatoms. The molecule has 3 N–H and O–H groups in total. The molecule has 0 spiro atoms. The smallest absolute Gasteiger partial charge is 0.257 e. The highest BCUT2D eigenvalue weighted by Gasteiger charge is 2.11. The Labute approximate surface area is 131 Å². The Morgan fingerprint density at radius 3 is 3.00 bits per heavy atom. The summed E-state index contributed by atoms with van der Waals surface area (Å²) in [5.41, 5.74) is 6.86. The summed E-state index contributed by atoms with van der Waals surface area (Å²) < 4.78 is 6.29. The molecule has 1 heterocycles. The maximum Gasteiger partial charge on any atom is 0.257 e. The largest absolute Gasteiger partial charge is 0.492 e. The first-order valence-electron chi connectivity index (χ1n) is 6.47. The summed E-state index contributed by atoms with van der Waals surface area (Å²) in [5.74, 6) is 0.850. The molecule has 0 aliphatic heterocycles. The van der Waals surface area contributed by atoms with Crippen LogP contribution >= 0.6 is 15.9 Å². The Hall–Kier alpha value is -1.92. The number of hydrogen-bond donors (Lipinski definition) is 2. The number of nitrogens with zero attached hydrogens (tertiary/aromatic N) is 1. The first-order chi connectivity index (χ1) is 10.1. The van der Waals surface area contributed by atoms with Gasteiger partial charge in [-0.1, -0.05) is 22.0 Å². The minimum atomic E-state index is -0.211. The van der Waals surface area contributed by atoms with E-state index in [1.807, 2.05) is 19.1 Å². The first kappa shape index (κ1) is 15.5. The van der Waals surface area contributed by atoms with E-state index in [-0.39, 0.29) is 5.91 Å². The van der Waals surface area contributed by atoms with Crippen LogP contribution < -0.4 is 15.8 Å². The molecule has 0 unspecified atom stereocenters. The van der Waals surface area contributed by atoms with Gasteiger partial charge in [-0.15, -0.1) is 0 Å². The molecule has 0 fully saturated rings. The molecular weight excluding hydrogens is 334 g/mol. The van der Waals surface area contributed by atoms with Gasteiger partial charge in [-0.2, -0.15) is 0 Å². The van der Waals surface area contributed by atoms with E-state index in [4.69, 9.17) is 10.5 Å². The van der Waals surface area contributed by atoms with Gasteiger partial charge in [0.15, 0.2) is 0 Å². The summed E-state index contributed by atoms with van der Waals surface area (Å²) in [6.07, 6.45) is 1.58. The Kier molecular flexibility index (Phi) is 5.30. The van der Waals surface area contributed by atoms with E-state index in [0.717, 1.165) is 10.0 Å². The van der Waals surface area contributed by atoms with Gasteiger partial charge in [-0.3, -0.25) is 4.79 Å². The van der Waals surface area contributed by atoms with Crippen LogP contribution in [0.25, 0.3) is 0 Å². The maximum atomic E-state index is 12.3. The third kappa shape index (κ3) is 4.03. The minimum Gasteiger partial charge on any atom is -0.492 e. The fraction of sp³-hybridized carbons (Fsp3) is 0.200. The predicted octanol–water partition coefficient (Wildman–Crippen LogP) is 2.74. The number of nitrogens with two attached hydrogens (primary N) is 1. The zero-order valence-electron chi connectivity index (χ0n) is 11.6. The van der Waals surface area contributed by atoms with Crippen LogP contribution in [0.1, 0.15) is 15.9 Å². The second kappa shape index (κ2) is 7.19. The van der Waals surface area contributed by atoms with Crippen molar-refractivity contribution in [1.82, 2.24) is 4.98 Å². The maximum absolute atomic E-state index is 12.3. The van der Waals surface area contributed by atoms with Crippen molar-refractivity contribution in [3.05, 3.63) is 52.1 Å². The molecule has 0 aliphatic carbocycles. The van der Waals surface area contributed by atoms with Crippen LogP contribution in [0.2, 0.25) is 0 Å². The van der Waals surface area contributed by atoms with Gasteiger partial charge >= 0.3 is 0 Å². The SMILES string of the molecule is Cc1c(Br)cccc1C(=O)Nc1cc(OCCN)ccn1. The van der Waals surface area contributed by atoms with Gasteiger partial charge in [-0.25, -0.2) is 4.98 Å². The third-order valence-electron chi connectivity index (χ3n) is 2.87. The van der Waals surface area contributed by atoms with Crippen molar-refractivity contribution < 1.29 is 9.53 Å². The fourth-order valence-corrected chi connectivity index (χ4v) is 2.15. The molecular formula is C15H16BrN3O2. The van der Waals surface area contributed by atoms with Crippen LogP contribution in [0.3, 0.4) is 0 Å². The molecule has 1 aromatic carbocycles. The molecule has 1 aromatic heterocycles. The number of anilines is 1. The number of carbonyl (C=O) groups excluding carboxylic acids is 1. The molecule has 21 heavy (non-hydrogen) atoms. The third-order valence-corrected chi connectivity index (χ3v) is 3.73. The number of amides is 1. The van der Waals surface area contributed by atoms with E-state index in [9.17, 15) is 4.79 Å². The number of benzene rings is 1. The molecule has 2 aromatic rings. The monoisotopic (exact) mass is 349 g/mol. The van der Waals surface area contributed by atoms with E-state index in [2.05, 4.69) is 26.2 Å². The molecule has 0 aliphatic rings. The number of aromatic nitrogens is 1. The zero-order chi connectivity index (χ0) is 15.2. The summed E-state index contributed by atoms with van der Waals surface area (Å²) in [6, 6.07) is 8.87. The molecule has 1 amide bonds. The lowest BCUT2D eigenvalue weighted by atomic mass is 10.1. The van der Waals surface area contributed by atoms with Crippen molar-refractivity contribution in [1.29, 1.82) is 0 Å². The van der Waals surface area contributed by atoms with Crippen LogP contribution in [-0.4, -0.2) is 24.0 Å². The lowest BCUT2D eigenvalue weighted by Crippen LogP contribution is -2.15. The molecule has 5 nitrogen and oxygen atoms in total. The molecule has 2 rings (SSSR count). The van der Waals surface area contributed by atoms with E-state index in [1.54, 1.807) is 24.4 Å². The average Bonchev–Trinajstić information content (AvgIpc) is 2.48. The first-order valence-corrected chi connectivity index (χ1v) is 7.26. The lowest BCUT2D eigenvalue weighted by Gasteiger charge is -2.09. The van der Waals surface area contributed by atoms with Crippen molar-refractivity contribution in [2.45, 2.75) is 6.92 Å². The summed E-state index contributed by atoms with van der Waals surface area (Å²) in [4.78, 5) is 16.4. The normalized spacial score (nSPS) is 10.2. The van der Waals surface area contributed by atoms with Crippen LogP contribution in [0.15, 0.2) is 41.0 Å². The fourth-order valence-electron chi connectivity index (χ4n) is 1.78. The summed E-state index contributed by atoms with van der Waals surface area (Å²) in [7, 11) is 0. The zero-order valence-corrected chi connectivity index (χ0v) is 13.2. The van der Waals surface area contributed by atoms with Gasteiger partial charge in [0.05, 0.1) is 0 Å². The second-order valence-electron chi connectivity index (χ2n) is 4.38. The number of rotatable bonds is 5. The van der Waals surface area contributed by atoms with Crippen LogP contribution in [-0.2, 0) is 0 Å². The summed E-state index contributed by atoms with van der Waals surface area (Å²) in [6.45, 7) is 2.73. The Balaban J connectivity index is 2.14. The molecule has 110 valence electrons. The van der Waals surface area contributed by atoms with Gasteiger partial charge in [0.25, 0.3) is 5.91 Å². The van der Waals surface area contributed by atoms with Gasteiger partial charge in [0.2, 0.25) is 0 Å². The highest BCUT2D eigenvalue weighted by atomic mass is 79.9. The number of nitrogens with one attached hydrogen (secondary N) is 1. The van der Waals surface area contributed by atoms with Crippen LogP contribution in [0, 0.1) is 6.92 Å². The van der Waals surface area contributed by atoms with E-state index in [0.29, 0.717) is 30.3 Å². The molecule has 0 saturated heterocycles. The summed E-state index contributed by atoms with van der Waals surface area (Å²) >= 11 is 3.41. The number of pyridine rings is 1. The number of ether oxygens (including phenoxy) is 1. The number of carbonyl (C=O) groups is 1. The van der Waals surface area contributed by atoms with Crippen molar-refractivity contribution >= 4 is 27.7 Å². The average molecular weight is 350 g/mol. The molecule has 0 saturated carbocycles. The van der Waals surface area contributed by atoms with Crippen molar-refractivity contribution in [2.75, 3.05) is 18.5 Å². The highest BCUT2D eigenvalue weighted by molar-refractivity contribution is 9.10. The van der Waals surface area contributed by atoms with E-state index < -0.39 is 0 Å². The highest BCUT2D eigenvalue weighted by Crippen LogP contribution is 2.21. The number of halogens is 1. The molecule has 0 atom stereocenters.